The maximum Gasteiger partial charge on any atom is 0.318 e. The van der Waals surface area contributed by atoms with E-state index in [1.165, 1.54) is 7.11 Å². The zero-order valence-corrected chi connectivity index (χ0v) is 17.5. The molecule has 0 unspecified atom stereocenters. The van der Waals surface area contributed by atoms with Crippen molar-refractivity contribution in [2.45, 2.75) is 50.5 Å². The van der Waals surface area contributed by atoms with Crippen molar-refractivity contribution in [1.82, 2.24) is 4.90 Å². The second kappa shape index (κ2) is 8.21. The van der Waals surface area contributed by atoms with Crippen LogP contribution in [0.3, 0.4) is 0 Å². The lowest BCUT2D eigenvalue weighted by molar-refractivity contribution is -0.151. The molecule has 5 heteroatoms. The van der Waals surface area contributed by atoms with Crippen molar-refractivity contribution in [2.24, 2.45) is 5.92 Å². The normalized spacial score (nSPS) is 23.2. The number of rotatable bonds is 8. The third kappa shape index (κ3) is 3.13. The van der Waals surface area contributed by atoms with E-state index in [9.17, 15) is 9.59 Å². The molecule has 1 saturated heterocycles. The molecule has 1 aromatic rings. The number of ether oxygens (including phenoxy) is 1. The molecule has 26 heavy (non-hydrogen) atoms. The molecule has 4 nitrogen and oxygen atoms in total. The third-order valence-electron chi connectivity index (χ3n) is 6.56. The van der Waals surface area contributed by atoms with Gasteiger partial charge in [0.25, 0.3) is 0 Å². The van der Waals surface area contributed by atoms with Crippen LogP contribution in [0.25, 0.3) is 0 Å². The summed E-state index contributed by atoms with van der Waals surface area (Å²) in [5.74, 6) is -1.30. The van der Waals surface area contributed by atoms with Crippen molar-refractivity contribution in [3.8, 4) is 0 Å². The van der Waals surface area contributed by atoms with Gasteiger partial charge in [-0.1, -0.05) is 75.3 Å². The Bertz CT molecular complexity index is 648. The van der Waals surface area contributed by atoms with Crippen LogP contribution in [0.2, 0.25) is 23.2 Å². The molecule has 0 spiro atoms. The number of esters is 1. The summed E-state index contributed by atoms with van der Waals surface area (Å²) >= 11 is 0. The third-order valence-corrected chi connectivity index (χ3v) is 13.2. The fraction of sp³-hybridized carbons (Fsp3) is 0.524. The van der Waals surface area contributed by atoms with Gasteiger partial charge in [-0.05, 0) is 5.56 Å². The van der Waals surface area contributed by atoms with Gasteiger partial charge in [-0.15, -0.1) is 6.58 Å². The highest BCUT2D eigenvalue weighted by molar-refractivity contribution is 6.84. The molecule has 1 heterocycles. The van der Waals surface area contributed by atoms with Crippen molar-refractivity contribution in [2.75, 3.05) is 13.7 Å². The molecule has 0 N–H and O–H groups in total. The van der Waals surface area contributed by atoms with Gasteiger partial charge in [-0.25, -0.2) is 0 Å². The van der Waals surface area contributed by atoms with Crippen LogP contribution in [0.15, 0.2) is 43.0 Å². The molecule has 0 bridgehead atoms. The predicted octanol–water partition coefficient (Wildman–Crippen LogP) is 4.25. The first-order valence-electron chi connectivity index (χ1n) is 9.49. The van der Waals surface area contributed by atoms with E-state index in [0.717, 1.165) is 23.7 Å². The first-order chi connectivity index (χ1) is 12.4. The Hall–Kier alpha value is -1.88. The van der Waals surface area contributed by atoms with Crippen LogP contribution in [0.4, 0.5) is 0 Å². The van der Waals surface area contributed by atoms with Gasteiger partial charge in [0.2, 0.25) is 5.91 Å². The lowest BCUT2D eigenvalue weighted by Crippen LogP contribution is -2.52. The average molecular weight is 374 g/mol. The number of hydrogen-bond acceptors (Lipinski definition) is 3. The minimum Gasteiger partial charge on any atom is -0.468 e. The summed E-state index contributed by atoms with van der Waals surface area (Å²) in [6.45, 7) is 11.8. The van der Waals surface area contributed by atoms with Gasteiger partial charge >= 0.3 is 5.97 Å². The number of carbonyl (C=O) groups excluding carboxylic acids is 2. The molecule has 0 aromatic heterocycles. The Kier molecular flexibility index (Phi) is 6.45. The van der Waals surface area contributed by atoms with E-state index in [0.29, 0.717) is 13.1 Å². The summed E-state index contributed by atoms with van der Waals surface area (Å²) in [6, 6.07) is 13.0. The molecule has 0 aliphatic carbocycles. The largest absolute Gasteiger partial charge is 0.468 e. The molecule has 1 aromatic carbocycles. The minimum absolute atomic E-state index is 0.118. The number of hydrogen-bond donors (Lipinski definition) is 0. The Balaban J connectivity index is 2.52. The van der Waals surface area contributed by atoms with Gasteiger partial charge in [-0.2, -0.15) is 0 Å². The van der Waals surface area contributed by atoms with Crippen molar-refractivity contribution < 1.29 is 14.3 Å². The number of nitrogens with zero attached hydrogens (tertiary/aromatic N) is 1. The van der Waals surface area contributed by atoms with Crippen LogP contribution in [0.1, 0.15) is 26.3 Å². The number of likely N-dealkylation sites (tertiary alicyclic amines) is 1. The van der Waals surface area contributed by atoms with E-state index in [-0.39, 0.29) is 5.91 Å². The molecule has 1 amide bonds. The molecular weight excluding hydrogens is 342 g/mol. The minimum atomic E-state index is -1.96. The predicted molar refractivity (Wildman–Crippen MR) is 107 cm³/mol. The maximum absolute atomic E-state index is 13.3. The Morgan fingerprint density at radius 1 is 1.27 bits per heavy atom. The summed E-state index contributed by atoms with van der Waals surface area (Å²) in [4.78, 5) is 27.8. The fourth-order valence-corrected chi connectivity index (χ4v) is 10.2. The first-order valence-corrected chi connectivity index (χ1v) is 12.1. The van der Waals surface area contributed by atoms with E-state index < -0.39 is 25.0 Å². The highest BCUT2D eigenvalue weighted by Crippen LogP contribution is 2.57. The fourth-order valence-electron chi connectivity index (χ4n) is 4.86. The molecule has 142 valence electrons. The van der Waals surface area contributed by atoms with E-state index in [1.807, 2.05) is 41.3 Å². The van der Waals surface area contributed by atoms with E-state index in [2.05, 4.69) is 27.4 Å². The van der Waals surface area contributed by atoms with E-state index >= 15 is 0 Å². The summed E-state index contributed by atoms with van der Waals surface area (Å²) < 4.78 is 5.08. The lowest BCUT2D eigenvalue weighted by atomic mass is 9.94. The number of amides is 1. The summed E-state index contributed by atoms with van der Waals surface area (Å²) in [5, 5.41) is -0.482. The first kappa shape index (κ1) is 20.4. The quantitative estimate of drug-likeness (QED) is 0.296. The number of benzene rings is 1. The SMILES string of the molecule is C=C[C@]1([Si](CC)(CC)CC)CN(Cc2ccccc2)C(=O)[C@H]1C(=O)OC. The Labute approximate surface area is 158 Å². The highest BCUT2D eigenvalue weighted by atomic mass is 28.3. The molecule has 0 radical (unpaired) electrons. The second-order valence-corrected chi connectivity index (χ2v) is 12.8. The van der Waals surface area contributed by atoms with Gasteiger partial charge in [0.15, 0.2) is 0 Å². The molecule has 1 aliphatic heterocycles. The Morgan fingerprint density at radius 2 is 1.85 bits per heavy atom. The van der Waals surface area contributed by atoms with Gasteiger partial charge in [0.1, 0.15) is 5.92 Å². The van der Waals surface area contributed by atoms with Crippen LogP contribution in [-0.4, -0.2) is 38.5 Å². The van der Waals surface area contributed by atoms with Crippen LogP contribution in [0, 0.1) is 5.92 Å². The van der Waals surface area contributed by atoms with Gasteiger partial charge in [0.05, 0.1) is 15.2 Å². The van der Waals surface area contributed by atoms with Crippen molar-refractivity contribution in [1.29, 1.82) is 0 Å². The summed E-state index contributed by atoms with van der Waals surface area (Å²) in [7, 11) is -0.588. The topological polar surface area (TPSA) is 46.6 Å². The van der Waals surface area contributed by atoms with Crippen molar-refractivity contribution in [3.05, 3.63) is 48.6 Å². The average Bonchev–Trinajstić information content (AvgIpc) is 2.97. The Morgan fingerprint density at radius 3 is 2.31 bits per heavy atom. The highest BCUT2D eigenvalue weighted by Gasteiger charge is 2.63. The van der Waals surface area contributed by atoms with Crippen LogP contribution >= 0.6 is 0 Å². The molecular formula is C21H31NO3Si. The molecule has 2 rings (SSSR count). The summed E-state index contributed by atoms with van der Waals surface area (Å²) in [6.07, 6.45) is 1.92. The smallest absolute Gasteiger partial charge is 0.318 e. The van der Waals surface area contributed by atoms with Gasteiger partial charge in [-0.3, -0.25) is 9.59 Å². The van der Waals surface area contributed by atoms with Gasteiger partial charge in [0, 0.05) is 18.1 Å². The van der Waals surface area contributed by atoms with E-state index in [4.69, 9.17) is 4.74 Å². The van der Waals surface area contributed by atoms with Gasteiger partial charge < -0.3 is 9.64 Å². The maximum atomic E-state index is 13.3. The van der Waals surface area contributed by atoms with Crippen LogP contribution < -0.4 is 0 Å². The van der Waals surface area contributed by atoms with Crippen molar-refractivity contribution in [3.63, 3.8) is 0 Å². The molecule has 1 fully saturated rings. The van der Waals surface area contributed by atoms with E-state index in [1.54, 1.807) is 0 Å². The molecule has 2 atom stereocenters. The number of methoxy groups -OCH3 is 1. The number of carbonyl (C=O) groups is 2. The lowest BCUT2D eigenvalue weighted by Gasteiger charge is -2.46. The molecule has 0 saturated carbocycles. The van der Waals surface area contributed by atoms with Crippen LogP contribution in [0.5, 0.6) is 0 Å². The standard InChI is InChI=1S/C21H31NO3Si/c1-6-21(26(7-2,8-3)9-4)16-22(15-17-13-11-10-12-14-17)19(23)18(21)20(24)25-5/h6,10-14,18H,1,7-9,15-16H2,2-5H3/t18-,21-/m0/s1. The summed E-state index contributed by atoms with van der Waals surface area (Å²) in [5.41, 5.74) is 1.07. The van der Waals surface area contributed by atoms with Crippen molar-refractivity contribution >= 4 is 20.0 Å². The monoisotopic (exact) mass is 373 g/mol. The zero-order chi connectivity index (χ0) is 19.4. The van der Waals surface area contributed by atoms with Crippen LogP contribution in [-0.2, 0) is 20.9 Å². The molecule has 1 aliphatic rings. The second-order valence-electron chi connectivity index (χ2n) is 7.22. The zero-order valence-electron chi connectivity index (χ0n) is 16.5.